The summed E-state index contributed by atoms with van der Waals surface area (Å²) in [5.74, 6) is 0.392. The summed E-state index contributed by atoms with van der Waals surface area (Å²) in [4.78, 5) is 12.6. The molecular formula is C19H19BrN4O3. The maximum Gasteiger partial charge on any atom is 0.278 e. The predicted molar refractivity (Wildman–Crippen MR) is 106 cm³/mol. The Morgan fingerprint density at radius 3 is 2.67 bits per heavy atom. The SMILES string of the molecule is COCCOc1ccc(NC(=O)c2nnn(-c3cccc(Br)c3)c2C)cc1. The van der Waals surface area contributed by atoms with Gasteiger partial charge in [-0.05, 0) is 49.4 Å². The first-order chi connectivity index (χ1) is 13.1. The molecule has 3 rings (SSSR count). The number of anilines is 1. The van der Waals surface area contributed by atoms with Gasteiger partial charge in [0.2, 0.25) is 0 Å². The fourth-order valence-electron chi connectivity index (χ4n) is 2.46. The number of ether oxygens (including phenoxy) is 2. The molecule has 1 aromatic heterocycles. The van der Waals surface area contributed by atoms with Gasteiger partial charge in [-0.2, -0.15) is 0 Å². The average Bonchev–Trinajstić information content (AvgIpc) is 3.05. The van der Waals surface area contributed by atoms with Gasteiger partial charge in [0, 0.05) is 17.3 Å². The Kier molecular flexibility index (Phi) is 6.20. The molecule has 0 spiro atoms. The fourth-order valence-corrected chi connectivity index (χ4v) is 2.85. The lowest BCUT2D eigenvalue weighted by Crippen LogP contribution is -2.14. The van der Waals surface area contributed by atoms with Gasteiger partial charge in [-0.3, -0.25) is 4.79 Å². The molecule has 0 radical (unpaired) electrons. The largest absolute Gasteiger partial charge is 0.491 e. The Hall–Kier alpha value is -2.71. The number of hydrogen-bond donors (Lipinski definition) is 1. The summed E-state index contributed by atoms with van der Waals surface area (Å²) < 4.78 is 13.0. The van der Waals surface area contributed by atoms with Gasteiger partial charge in [-0.1, -0.05) is 27.2 Å². The highest BCUT2D eigenvalue weighted by Gasteiger charge is 2.17. The maximum absolute atomic E-state index is 12.6. The van der Waals surface area contributed by atoms with Crippen LogP contribution in [0, 0.1) is 6.92 Å². The van der Waals surface area contributed by atoms with Crippen molar-refractivity contribution in [1.29, 1.82) is 0 Å². The van der Waals surface area contributed by atoms with Crippen molar-refractivity contribution >= 4 is 27.5 Å². The van der Waals surface area contributed by atoms with Crippen LogP contribution < -0.4 is 10.1 Å². The van der Waals surface area contributed by atoms with E-state index < -0.39 is 0 Å². The van der Waals surface area contributed by atoms with E-state index in [0.717, 1.165) is 10.2 Å². The lowest BCUT2D eigenvalue weighted by molar-refractivity contribution is 0.102. The molecule has 0 bridgehead atoms. The van der Waals surface area contributed by atoms with Crippen LogP contribution in [-0.4, -0.2) is 41.2 Å². The van der Waals surface area contributed by atoms with Crippen LogP contribution in [0.3, 0.4) is 0 Å². The number of halogens is 1. The highest BCUT2D eigenvalue weighted by molar-refractivity contribution is 9.10. The number of aromatic nitrogens is 3. The zero-order valence-electron chi connectivity index (χ0n) is 15.0. The first kappa shape index (κ1) is 19.1. The second-order valence-electron chi connectivity index (χ2n) is 5.73. The van der Waals surface area contributed by atoms with Crippen molar-refractivity contribution in [3.63, 3.8) is 0 Å². The number of nitrogens with one attached hydrogen (secondary N) is 1. The normalized spacial score (nSPS) is 10.6. The minimum atomic E-state index is -0.318. The minimum absolute atomic E-state index is 0.274. The van der Waals surface area contributed by atoms with Crippen molar-refractivity contribution in [3.8, 4) is 11.4 Å². The molecule has 0 atom stereocenters. The molecule has 0 aliphatic carbocycles. The van der Waals surface area contributed by atoms with E-state index >= 15 is 0 Å². The highest BCUT2D eigenvalue weighted by atomic mass is 79.9. The number of carbonyl (C=O) groups is 1. The lowest BCUT2D eigenvalue weighted by atomic mass is 10.2. The lowest BCUT2D eigenvalue weighted by Gasteiger charge is -2.08. The molecule has 0 unspecified atom stereocenters. The molecule has 140 valence electrons. The number of methoxy groups -OCH3 is 1. The van der Waals surface area contributed by atoms with Gasteiger partial charge >= 0.3 is 0 Å². The van der Waals surface area contributed by atoms with Crippen LogP contribution in [0.4, 0.5) is 5.69 Å². The van der Waals surface area contributed by atoms with Crippen molar-refractivity contribution in [2.45, 2.75) is 6.92 Å². The van der Waals surface area contributed by atoms with Crippen LogP contribution in [-0.2, 0) is 4.74 Å². The Bertz CT molecular complexity index is 925. The van der Waals surface area contributed by atoms with Gasteiger partial charge in [0.05, 0.1) is 18.0 Å². The summed E-state index contributed by atoms with van der Waals surface area (Å²) in [5.41, 5.74) is 2.40. The van der Waals surface area contributed by atoms with Gasteiger partial charge in [-0.25, -0.2) is 4.68 Å². The van der Waals surface area contributed by atoms with Crippen molar-refractivity contribution in [2.75, 3.05) is 25.6 Å². The third-order valence-electron chi connectivity index (χ3n) is 3.83. The topological polar surface area (TPSA) is 78.3 Å². The summed E-state index contributed by atoms with van der Waals surface area (Å²) in [6, 6.07) is 14.7. The van der Waals surface area contributed by atoms with Crippen molar-refractivity contribution in [3.05, 3.63) is 64.4 Å². The number of nitrogens with zero attached hydrogens (tertiary/aromatic N) is 3. The molecule has 27 heavy (non-hydrogen) atoms. The number of amides is 1. The molecule has 7 nitrogen and oxygen atoms in total. The van der Waals surface area contributed by atoms with E-state index in [4.69, 9.17) is 9.47 Å². The van der Waals surface area contributed by atoms with E-state index in [1.807, 2.05) is 31.2 Å². The standard InChI is InChI=1S/C19H19BrN4O3/c1-13-18(22-23-24(13)16-5-3-4-14(20)12-16)19(25)21-15-6-8-17(9-7-15)27-11-10-26-2/h3-9,12H,10-11H2,1-2H3,(H,21,25). The molecule has 0 aliphatic heterocycles. The van der Waals surface area contributed by atoms with Crippen LogP contribution in [0.2, 0.25) is 0 Å². The van der Waals surface area contributed by atoms with Gasteiger partial charge < -0.3 is 14.8 Å². The molecule has 3 aromatic rings. The van der Waals surface area contributed by atoms with Gasteiger partial charge in [-0.15, -0.1) is 5.10 Å². The molecule has 0 saturated heterocycles. The average molecular weight is 431 g/mol. The van der Waals surface area contributed by atoms with Gasteiger partial charge in [0.15, 0.2) is 5.69 Å². The predicted octanol–water partition coefficient (Wildman–Crippen LogP) is 3.62. The van der Waals surface area contributed by atoms with Gasteiger partial charge in [0.1, 0.15) is 12.4 Å². The number of hydrogen-bond acceptors (Lipinski definition) is 5. The highest BCUT2D eigenvalue weighted by Crippen LogP contribution is 2.19. The number of rotatable bonds is 7. The molecule has 2 aromatic carbocycles. The zero-order valence-corrected chi connectivity index (χ0v) is 16.6. The summed E-state index contributed by atoms with van der Waals surface area (Å²) >= 11 is 3.43. The van der Waals surface area contributed by atoms with Crippen LogP contribution in [0.5, 0.6) is 5.75 Å². The zero-order chi connectivity index (χ0) is 19.2. The van der Waals surface area contributed by atoms with E-state index in [0.29, 0.717) is 30.3 Å². The summed E-state index contributed by atoms with van der Waals surface area (Å²) in [7, 11) is 1.62. The van der Waals surface area contributed by atoms with Crippen LogP contribution in [0.1, 0.15) is 16.2 Å². The molecule has 1 amide bonds. The third kappa shape index (κ3) is 4.72. The van der Waals surface area contributed by atoms with Crippen LogP contribution >= 0.6 is 15.9 Å². The second-order valence-corrected chi connectivity index (χ2v) is 6.65. The maximum atomic E-state index is 12.6. The monoisotopic (exact) mass is 430 g/mol. The Morgan fingerprint density at radius 1 is 1.19 bits per heavy atom. The molecule has 0 saturated carbocycles. The quantitative estimate of drug-likeness (QED) is 0.579. The van der Waals surface area contributed by atoms with E-state index in [2.05, 4.69) is 31.6 Å². The summed E-state index contributed by atoms with van der Waals surface area (Å²) in [6.07, 6.45) is 0. The van der Waals surface area contributed by atoms with E-state index in [-0.39, 0.29) is 11.6 Å². The molecular weight excluding hydrogens is 412 g/mol. The molecule has 0 aliphatic rings. The molecule has 8 heteroatoms. The molecule has 1 N–H and O–H groups in total. The first-order valence-electron chi connectivity index (χ1n) is 8.30. The van der Waals surface area contributed by atoms with E-state index in [1.54, 1.807) is 36.1 Å². The Morgan fingerprint density at radius 2 is 1.96 bits per heavy atom. The molecule has 0 fully saturated rings. The first-order valence-corrected chi connectivity index (χ1v) is 9.09. The van der Waals surface area contributed by atoms with Crippen molar-refractivity contribution < 1.29 is 14.3 Å². The number of carbonyl (C=O) groups excluding carboxylic acids is 1. The second kappa shape index (κ2) is 8.79. The fraction of sp³-hybridized carbons (Fsp3) is 0.211. The summed E-state index contributed by atoms with van der Waals surface area (Å²) in [5, 5.41) is 11.0. The molecule has 1 heterocycles. The van der Waals surface area contributed by atoms with Crippen molar-refractivity contribution in [2.24, 2.45) is 0 Å². The Labute approximate surface area is 165 Å². The summed E-state index contributed by atoms with van der Waals surface area (Å²) in [6.45, 7) is 2.80. The Balaban J connectivity index is 1.70. The third-order valence-corrected chi connectivity index (χ3v) is 4.32. The van der Waals surface area contributed by atoms with E-state index in [9.17, 15) is 4.79 Å². The number of benzene rings is 2. The van der Waals surface area contributed by atoms with Crippen molar-refractivity contribution in [1.82, 2.24) is 15.0 Å². The van der Waals surface area contributed by atoms with Crippen LogP contribution in [0.15, 0.2) is 53.0 Å². The van der Waals surface area contributed by atoms with E-state index in [1.165, 1.54) is 0 Å². The van der Waals surface area contributed by atoms with Gasteiger partial charge in [0.25, 0.3) is 5.91 Å². The minimum Gasteiger partial charge on any atom is -0.491 e. The smallest absolute Gasteiger partial charge is 0.278 e. The van der Waals surface area contributed by atoms with Crippen LogP contribution in [0.25, 0.3) is 5.69 Å².